The Labute approximate surface area is 325 Å². The van der Waals surface area contributed by atoms with Gasteiger partial charge in [0.15, 0.2) is 34.6 Å². The van der Waals surface area contributed by atoms with E-state index in [1.165, 1.54) is 26.4 Å². The molecule has 4 rings (SSSR count). The minimum Gasteiger partial charge on any atom is -0.736 e. The molecule has 0 aliphatic carbocycles. The van der Waals surface area contributed by atoms with Crippen LogP contribution >= 0.6 is 7.82 Å². The van der Waals surface area contributed by atoms with Crippen LogP contribution in [0.2, 0.25) is 0 Å². The minimum absolute atomic E-state index is 0. The van der Waals surface area contributed by atoms with Gasteiger partial charge in [0, 0.05) is 48.2 Å². The van der Waals surface area contributed by atoms with Gasteiger partial charge < -0.3 is 34.0 Å². The van der Waals surface area contributed by atoms with Gasteiger partial charge >= 0.3 is 37.4 Å². The predicted molar refractivity (Wildman–Crippen MR) is 191 cm³/mol. The number of phosphoric acid groups is 1. The van der Waals surface area contributed by atoms with E-state index in [1.54, 1.807) is 86.6 Å². The van der Waals surface area contributed by atoms with Gasteiger partial charge in [-0.3, -0.25) is 19.2 Å². The summed E-state index contributed by atoms with van der Waals surface area (Å²) in [6, 6.07) is 22.7. The predicted octanol–water partition coefficient (Wildman–Crippen LogP) is 3.96. The van der Waals surface area contributed by atoms with Crippen molar-refractivity contribution < 1.29 is 76.7 Å². The number of ether oxygens (including phenoxy) is 2. The first-order valence-corrected chi connectivity index (χ1v) is 17.8. The Morgan fingerprint density at radius 2 is 1.02 bits per heavy atom. The molecule has 0 spiro atoms. The van der Waals surface area contributed by atoms with E-state index >= 15 is 0 Å². The third kappa shape index (κ3) is 12.4. The molecular weight excluding hydrogens is 698 g/mol. The number of carbonyl (C=O) groups excluding carboxylic acids is 4. The number of anilines is 2. The maximum atomic E-state index is 13.0. The molecule has 2 N–H and O–H groups in total. The maximum absolute atomic E-state index is 13.0. The van der Waals surface area contributed by atoms with Crippen molar-refractivity contribution in [1.29, 1.82) is 0 Å². The molecule has 0 aliphatic heterocycles. The molecule has 0 aromatic heterocycles. The van der Waals surface area contributed by atoms with Gasteiger partial charge in [-0.2, -0.15) is 0 Å². The number of phosphoric ester groups is 1. The van der Waals surface area contributed by atoms with Crippen LogP contribution in [0.3, 0.4) is 0 Å². The van der Waals surface area contributed by atoms with Gasteiger partial charge in [-0.25, -0.2) is 4.57 Å². The van der Waals surface area contributed by atoms with Gasteiger partial charge in [0.1, 0.15) is 0 Å². The van der Waals surface area contributed by atoms with Crippen LogP contribution in [0, 0.1) is 0 Å². The molecule has 0 radical (unpaired) electrons. The molecule has 0 saturated heterocycles. The summed E-state index contributed by atoms with van der Waals surface area (Å²) in [7, 11) is -2.29. The summed E-state index contributed by atoms with van der Waals surface area (Å²) in [5.41, 5.74) is 3.41. The van der Waals surface area contributed by atoms with E-state index in [9.17, 15) is 28.6 Å². The van der Waals surface area contributed by atoms with E-state index in [4.69, 9.17) is 18.5 Å². The van der Waals surface area contributed by atoms with Crippen molar-refractivity contribution in [2.75, 3.05) is 24.9 Å². The zero-order valence-corrected chi connectivity index (χ0v) is 32.7. The number of Topliss-reactive ketones (excluding diaryl/α,β-unsaturated/α-hetero) is 2. The molecule has 268 valence electrons. The molecule has 4 aromatic carbocycles. The second kappa shape index (κ2) is 20.0. The summed E-state index contributed by atoms with van der Waals surface area (Å²) in [5, 5.41) is 5.48. The Morgan fingerprint density at radius 3 is 1.38 bits per heavy atom. The Bertz CT molecular complexity index is 1820. The normalized spacial score (nSPS) is 10.7. The van der Waals surface area contributed by atoms with Crippen LogP contribution in [0.4, 0.5) is 11.4 Å². The number of benzene rings is 4. The monoisotopic (exact) mass is 738 g/mol. The summed E-state index contributed by atoms with van der Waals surface area (Å²) in [5.74, 6) is -0.553. The van der Waals surface area contributed by atoms with Crippen molar-refractivity contribution in [3.63, 3.8) is 0 Å². The Balaban J connectivity index is 0.00000729. The van der Waals surface area contributed by atoms with Gasteiger partial charge in [0.2, 0.25) is 11.8 Å². The molecule has 0 aliphatic rings. The summed E-state index contributed by atoms with van der Waals surface area (Å²) >= 11 is 0. The quantitative estimate of drug-likeness (QED) is 0.0866. The van der Waals surface area contributed by atoms with Crippen molar-refractivity contribution in [3.05, 3.63) is 107 Å². The van der Waals surface area contributed by atoms with Gasteiger partial charge in [0.05, 0.1) is 14.2 Å². The van der Waals surface area contributed by atoms with Crippen molar-refractivity contribution in [1.82, 2.24) is 0 Å². The number of aryl methyl sites for hydroxylation is 2. The average molecular weight is 739 g/mol. The second-order valence-electron chi connectivity index (χ2n) is 11.4. The van der Waals surface area contributed by atoms with Gasteiger partial charge in [-0.05, 0) is 72.5 Å². The summed E-state index contributed by atoms with van der Waals surface area (Å²) in [4.78, 5) is 62.1. The van der Waals surface area contributed by atoms with Crippen molar-refractivity contribution >= 4 is 42.6 Å². The first-order chi connectivity index (χ1) is 24.4. The smallest absolute Gasteiger partial charge is 0.736 e. The van der Waals surface area contributed by atoms with E-state index in [2.05, 4.69) is 10.6 Å². The molecule has 0 heterocycles. The van der Waals surface area contributed by atoms with Crippen LogP contribution < -0.4 is 63.6 Å². The molecule has 0 atom stereocenters. The fraction of sp³-hybridized carbons (Fsp3) is 0.263. The molecule has 0 unspecified atom stereocenters. The van der Waals surface area contributed by atoms with E-state index in [0.717, 1.165) is 0 Å². The van der Waals surface area contributed by atoms with Gasteiger partial charge in [-0.1, -0.05) is 50.2 Å². The Morgan fingerprint density at radius 1 is 0.615 bits per heavy atom. The zero-order valence-electron chi connectivity index (χ0n) is 29.9. The van der Waals surface area contributed by atoms with E-state index in [-0.39, 0.29) is 88.8 Å². The van der Waals surface area contributed by atoms with Gasteiger partial charge in [-0.15, -0.1) is 0 Å². The average Bonchev–Trinajstić information content (AvgIpc) is 3.13. The van der Waals surface area contributed by atoms with Crippen molar-refractivity contribution in [3.8, 4) is 23.0 Å². The topological polar surface area (TPSA) is 169 Å². The first kappa shape index (κ1) is 42.0. The van der Waals surface area contributed by atoms with E-state index in [0.29, 0.717) is 59.3 Å². The number of ketones is 2. The van der Waals surface area contributed by atoms with Crippen LogP contribution in [-0.4, -0.2) is 37.6 Å². The minimum atomic E-state index is -5.00. The molecule has 0 bridgehead atoms. The fourth-order valence-electron chi connectivity index (χ4n) is 4.99. The number of hydrogen-bond donors (Lipinski definition) is 2. The molecule has 2 amide bonds. The summed E-state index contributed by atoms with van der Waals surface area (Å²) in [6.07, 6.45) is 1.64. The van der Waals surface area contributed by atoms with Crippen LogP contribution in [0.25, 0.3) is 0 Å². The molecule has 52 heavy (non-hydrogen) atoms. The Kier molecular flexibility index (Phi) is 16.1. The summed E-state index contributed by atoms with van der Waals surface area (Å²) in [6.45, 7) is 3.48. The van der Waals surface area contributed by atoms with Crippen LogP contribution in [-0.2, 0) is 27.0 Å². The second-order valence-corrected chi connectivity index (χ2v) is 12.7. The molecule has 4 aromatic rings. The number of methoxy groups -OCH3 is 2. The third-order valence-electron chi connectivity index (χ3n) is 7.74. The number of hydrogen-bond acceptors (Lipinski definition) is 10. The summed E-state index contributed by atoms with van der Waals surface area (Å²) < 4.78 is 34.2. The molecular formula is C38H40N2NaO10P. The SMILES string of the molecule is CCC(=O)Nc1cccc(C(=O)CCc2ccc(OP(=O)([O-])Oc3ccc(CCC(=O)c4cccc(NC(=O)CC)c4)cc3OC)c(OC)c2)c1.[Na+]. The van der Waals surface area contributed by atoms with E-state index in [1.807, 2.05) is 0 Å². The molecule has 14 heteroatoms. The largest absolute Gasteiger partial charge is 1.00 e. The van der Waals surface area contributed by atoms with Crippen LogP contribution in [0.1, 0.15) is 71.4 Å². The molecule has 0 fully saturated rings. The van der Waals surface area contributed by atoms with Crippen LogP contribution in [0.15, 0.2) is 84.9 Å². The van der Waals surface area contributed by atoms with Crippen LogP contribution in [0.5, 0.6) is 23.0 Å². The zero-order chi connectivity index (χ0) is 37.0. The number of amides is 2. The fourth-order valence-corrected chi connectivity index (χ4v) is 5.81. The van der Waals surface area contributed by atoms with Crippen molar-refractivity contribution in [2.45, 2.75) is 52.4 Å². The van der Waals surface area contributed by atoms with Gasteiger partial charge in [0.25, 0.3) is 0 Å². The Hall–Kier alpha value is -4.45. The van der Waals surface area contributed by atoms with E-state index < -0.39 is 7.82 Å². The number of rotatable bonds is 18. The molecule has 0 saturated carbocycles. The third-order valence-corrected chi connectivity index (χ3v) is 8.58. The molecule has 12 nitrogen and oxygen atoms in total. The standard InChI is InChI=1S/C38H41N2O10P.Na/c1-5-37(43)39-29-11-7-9-27(23-29)31(41)17-13-25-15-19-33(35(21-25)47-3)49-51(45,46)50-34-20-16-26(22-36(34)48-4)14-18-32(42)28-10-8-12-30(24-28)40-38(44)6-2;/h7-12,15-16,19-24H,5-6,13-14,17-18H2,1-4H3,(H,39,43)(H,40,44)(H,45,46);/q;+1/p-1. The maximum Gasteiger partial charge on any atom is 1.00 e. The van der Waals surface area contributed by atoms with Crippen molar-refractivity contribution in [2.24, 2.45) is 0 Å². The number of nitrogens with one attached hydrogen (secondary N) is 2. The first-order valence-electron chi connectivity index (χ1n) is 16.3. The number of carbonyl (C=O) groups is 4.